The molecule has 4 rings (SSSR count). The van der Waals surface area contributed by atoms with Crippen LogP contribution in [-0.2, 0) is 4.79 Å². The molecule has 0 radical (unpaired) electrons. The van der Waals surface area contributed by atoms with Crippen molar-refractivity contribution in [2.24, 2.45) is 0 Å². The van der Waals surface area contributed by atoms with E-state index < -0.39 is 0 Å². The van der Waals surface area contributed by atoms with Gasteiger partial charge in [0.15, 0.2) is 0 Å². The molecule has 148 valence electrons. The average Bonchev–Trinajstić information content (AvgIpc) is 2.73. The molecular weight excluding hydrogens is 362 g/mol. The number of anilines is 4. The van der Waals surface area contributed by atoms with Gasteiger partial charge in [0.1, 0.15) is 6.04 Å². The van der Waals surface area contributed by atoms with Crippen LogP contribution in [0.2, 0.25) is 0 Å². The number of fused-ring (bicyclic) bond motifs is 1. The van der Waals surface area contributed by atoms with Crippen molar-refractivity contribution < 1.29 is 4.79 Å². The summed E-state index contributed by atoms with van der Waals surface area (Å²) < 4.78 is 0. The molecule has 0 spiro atoms. The molecule has 2 aromatic carbocycles. The van der Waals surface area contributed by atoms with Gasteiger partial charge in [-0.2, -0.15) is 0 Å². The van der Waals surface area contributed by atoms with E-state index >= 15 is 0 Å². The fraction of sp³-hybridized carbons (Fsp3) is 0.261. The van der Waals surface area contributed by atoms with E-state index in [0.29, 0.717) is 5.95 Å². The maximum atomic E-state index is 12.6. The molecule has 6 heteroatoms. The number of hydrogen-bond acceptors (Lipinski definition) is 5. The predicted molar refractivity (Wildman–Crippen MR) is 118 cm³/mol. The molecule has 0 aliphatic carbocycles. The van der Waals surface area contributed by atoms with Crippen molar-refractivity contribution in [3.05, 3.63) is 60.8 Å². The molecule has 1 aliphatic rings. The summed E-state index contributed by atoms with van der Waals surface area (Å²) in [7, 11) is 1.83. The first kappa shape index (κ1) is 18.9. The molecule has 3 aromatic rings. The van der Waals surface area contributed by atoms with Crippen molar-refractivity contribution in [3.8, 4) is 11.3 Å². The van der Waals surface area contributed by atoms with Crippen molar-refractivity contribution in [2.45, 2.75) is 32.9 Å². The van der Waals surface area contributed by atoms with E-state index in [1.165, 1.54) is 0 Å². The second-order valence-corrected chi connectivity index (χ2v) is 7.53. The highest BCUT2D eigenvalue weighted by molar-refractivity contribution is 6.05. The van der Waals surface area contributed by atoms with E-state index in [4.69, 9.17) is 0 Å². The monoisotopic (exact) mass is 387 g/mol. The second kappa shape index (κ2) is 7.54. The van der Waals surface area contributed by atoms with Gasteiger partial charge < -0.3 is 15.1 Å². The van der Waals surface area contributed by atoms with Crippen LogP contribution in [0, 0.1) is 0 Å². The van der Waals surface area contributed by atoms with Crippen LogP contribution in [0.3, 0.4) is 0 Å². The molecule has 29 heavy (non-hydrogen) atoms. The fourth-order valence-corrected chi connectivity index (χ4v) is 3.86. The van der Waals surface area contributed by atoms with Crippen LogP contribution in [0.5, 0.6) is 0 Å². The van der Waals surface area contributed by atoms with Crippen LogP contribution in [0.1, 0.15) is 20.8 Å². The largest absolute Gasteiger partial charge is 0.356 e. The highest BCUT2D eigenvalue weighted by Gasteiger charge is 2.34. The predicted octanol–water partition coefficient (Wildman–Crippen LogP) is 4.47. The van der Waals surface area contributed by atoms with Gasteiger partial charge >= 0.3 is 0 Å². The Bertz CT molecular complexity index is 1030. The third-order valence-electron chi connectivity index (χ3n) is 5.26. The summed E-state index contributed by atoms with van der Waals surface area (Å²) in [6, 6.07) is 17.9. The highest BCUT2D eigenvalue weighted by atomic mass is 16.2. The lowest BCUT2D eigenvalue weighted by Gasteiger charge is -2.42. The van der Waals surface area contributed by atoms with E-state index in [1.807, 2.05) is 62.5 Å². The number of rotatable bonds is 4. The molecule has 1 aromatic heterocycles. The first-order valence-electron chi connectivity index (χ1n) is 9.81. The minimum Gasteiger partial charge on any atom is -0.356 e. The third kappa shape index (κ3) is 3.53. The first-order chi connectivity index (χ1) is 14.0. The second-order valence-electron chi connectivity index (χ2n) is 7.53. The fourth-order valence-electron chi connectivity index (χ4n) is 3.86. The molecule has 1 aliphatic heterocycles. The Morgan fingerprint density at radius 3 is 2.52 bits per heavy atom. The molecule has 2 heterocycles. The molecule has 0 saturated carbocycles. The average molecular weight is 387 g/mol. The van der Waals surface area contributed by atoms with Gasteiger partial charge in [0.2, 0.25) is 11.9 Å². The zero-order chi connectivity index (χ0) is 20.5. The zero-order valence-corrected chi connectivity index (χ0v) is 17.1. The molecule has 6 nitrogen and oxygen atoms in total. The number of carbonyl (C=O) groups is 1. The van der Waals surface area contributed by atoms with Crippen LogP contribution < -0.4 is 15.1 Å². The standard InChI is InChI=1S/C23H25N5O/c1-15(2)28-16(3)22(29)27(4)20-11-10-18(14-21(20)28)25-23-24-13-12-19(26-23)17-8-6-5-7-9-17/h5-16H,1-4H3,(H,24,25,26)/t16-/m1/s1. The maximum absolute atomic E-state index is 12.6. The number of likely N-dealkylation sites (N-methyl/N-ethyl adjacent to an activating group) is 1. The maximum Gasteiger partial charge on any atom is 0.249 e. The number of amides is 1. The Morgan fingerprint density at radius 1 is 1.03 bits per heavy atom. The van der Waals surface area contributed by atoms with E-state index in [0.717, 1.165) is 28.3 Å². The molecule has 1 N–H and O–H groups in total. The highest BCUT2D eigenvalue weighted by Crippen LogP contribution is 2.39. The molecule has 0 bridgehead atoms. The van der Waals surface area contributed by atoms with Crippen LogP contribution >= 0.6 is 0 Å². The van der Waals surface area contributed by atoms with E-state index in [2.05, 4.69) is 40.1 Å². The van der Waals surface area contributed by atoms with E-state index in [9.17, 15) is 4.79 Å². The van der Waals surface area contributed by atoms with Crippen molar-refractivity contribution in [1.82, 2.24) is 9.97 Å². The van der Waals surface area contributed by atoms with Gasteiger partial charge in [-0.1, -0.05) is 30.3 Å². The lowest BCUT2D eigenvalue weighted by atomic mass is 10.0. The molecule has 0 fully saturated rings. The summed E-state index contributed by atoms with van der Waals surface area (Å²) in [5.74, 6) is 0.640. The van der Waals surface area contributed by atoms with E-state index in [1.54, 1.807) is 11.1 Å². The molecule has 0 unspecified atom stereocenters. The van der Waals surface area contributed by atoms with Crippen LogP contribution in [0.4, 0.5) is 23.0 Å². The number of hydrogen-bond donors (Lipinski definition) is 1. The zero-order valence-electron chi connectivity index (χ0n) is 17.1. The summed E-state index contributed by atoms with van der Waals surface area (Å²) in [5.41, 5.74) is 4.73. The first-order valence-corrected chi connectivity index (χ1v) is 9.81. The van der Waals surface area contributed by atoms with Crippen LogP contribution in [0.25, 0.3) is 11.3 Å². The SMILES string of the molecule is CC(C)N1c2cc(Nc3nccc(-c4ccccc4)n3)ccc2N(C)C(=O)[C@H]1C. The Morgan fingerprint density at radius 2 is 1.79 bits per heavy atom. The van der Waals surface area contributed by atoms with Gasteiger partial charge in [-0.15, -0.1) is 0 Å². The normalized spacial score (nSPS) is 16.2. The smallest absolute Gasteiger partial charge is 0.249 e. The van der Waals surface area contributed by atoms with Crippen molar-refractivity contribution >= 4 is 28.9 Å². The summed E-state index contributed by atoms with van der Waals surface area (Å²) in [5, 5.41) is 3.31. The Balaban J connectivity index is 1.67. The Hall–Kier alpha value is -3.41. The lowest BCUT2D eigenvalue weighted by Crippen LogP contribution is -2.53. The van der Waals surface area contributed by atoms with Gasteiger partial charge in [0.25, 0.3) is 0 Å². The van der Waals surface area contributed by atoms with Gasteiger partial charge in [0, 0.05) is 30.5 Å². The molecule has 1 atom stereocenters. The topological polar surface area (TPSA) is 61.4 Å². The molecule has 0 saturated heterocycles. The van der Waals surface area contributed by atoms with Gasteiger partial charge in [0.05, 0.1) is 17.1 Å². The van der Waals surface area contributed by atoms with Gasteiger partial charge in [-0.05, 0) is 45.0 Å². The lowest BCUT2D eigenvalue weighted by molar-refractivity contribution is -0.119. The van der Waals surface area contributed by atoms with Crippen LogP contribution in [0.15, 0.2) is 60.8 Å². The molecular formula is C23H25N5O. The van der Waals surface area contributed by atoms with Crippen molar-refractivity contribution in [1.29, 1.82) is 0 Å². The molecule has 1 amide bonds. The number of aromatic nitrogens is 2. The number of carbonyl (C=O) groups excluding carboxylic acids is 1. The summed E-state index contributed by atoms with van der Waals surface area (Å²) >= 11 is 0. The van der Waals surface area contributed by atoms with Gasteiger partial charge in [-0.3, -0.25) is 4.79 Å². The number of benzene rings is 2. The van der Waals surface area contributed by atoms with Crippen LogP contribution in [-0.4, -0.2) is 35.0 Å². The van der Waals surface area contributed by atoms with Crippen molar-refractivity contribution in [2.75, 3.05) is 22.2 Å². The summed E-state index contributed by atoms with van der Waals surface area (Å²) in [6.45, 7) is 6.16. The minimum atomic E-state index is -0.208. The summed E-state index contributed by atoms with van der Waals surface area (Å²) in [6.07, 6.45) is 1.75. The number of nitrogens with one attached hydrogen (secondary N) is 1. The third-order valence-corrected chi connectivity index (χ3v) is 5.26. The van der Waals surface area contributed by atoms with Gasteiger partial charge in [-0.25, -0.2) is 9.97 Å². The quantitative estimate of drug-likeness (QED) is 0.716. The Kier molecular flexibility index (Phi) is 4.92. The summed E-state index contributed by atoms with van der Waals surface area (Å²) in [4.78, 5) is 25.5. The minimum absolute atomic E-state index is 0.103. The van der Waals surface area contributed by atoms with Crippen molar-refractivity contribution in [3.63, 3.8) is 0 Å². The Labute approximate surface area is 171 Å². The number of nitrogens with zero attached hydrogens (tertiary/aromatic N) is 4. The van der Waals surface area contributed by atoms with E-state index in [-0.39, 0.29) is 18.0 Å².